The Morgan fingerprint density at radius 3 is 2.85 bits per heavy atom. The molecule has 1 aromatic carbocycles. The monoisotopic (exact) mass is 289 g/mol. The van der Waals surface area contributed by atoms with E-state index in [-0.39, 0.29) is 21.7 Å². The molecular weight excluding hydrogens is 282 g/mol. The molecule has 0 aliphatic rings. The van der Waals surface area contributed by atoms with Gasteiger partial charge in [0.25, 0.3) is 0 Å². The number of benzene rings is 1. The highest BCUT2D eigenvalue weighted by Crippen LogP contribution is 2.23. The maximum atomic E-state index is 12.4. The van der Waals surface area contributed by atoms with E-state index in [1.54, 1.807) is 0 Å². The molecule has 0 saturated carbocycles. The van der Waals surface area contributed by atoms with Crippen molar-refractivity contribution in [1.29, 1.82) is 0 Å². The van der Waals surface area contributed by atoms with E-state index in [1.165, 1.54) is 37.6 Å². The summed E-state index contributed by atoms with van der Waals surface area (Å²) in [5.74, 6) is -0.515. The molecule has 0 unspecified atom stereocenters. The lowest BCUT2D eigenvalue weighted by Gasteiger charge is -2.04. The van der Waals surface area contributed by atoms with Gasteiger partial charge in [-0.25, -0.2) is 9.78 Å². The van der Waals surface area contributed by atoms with E-state index >= 15 is 0 Å². The largest absolute Gasteiger partial charge is 0.465 e. The highest BCUT2D eigenvalue weighted by atomic mass is 35.5. The van der Waals surface area contributed by atoms with Crippen LogP contribution in [0.15, 0.2) is 39.7 Å². The molecule has 6 heteroatoms. The van der Waals surface area contributed by atoms with Crippen LogP contribution in [0.2, 0.25) is 5.15 Å². The van der Waals surface area contributed by atoms with Gasteiger partial charge >= 0.3 is 5.97 Å². The van der Waals surface area contributed by atoms with Crippen molar-refractivity contribution in [3.8, 4) is 0 Å². The Morgan fingerprint density at radius 2 is 2.10 bits per heavy atom. The molecule has 0 aliphatic carbocycles. The van der Waals surface area contributed by atoms with Gasteiger partial charge in [-0.3, -0.25) is 4.79 Å². The van der Waals surface area contributed by atoms with Crippen LogP contribution in [0, 0.1) is 0 Å². The molecule has 3 aromatic rings. The number of ether oxygens (including phenoxy) is 1. The van der Waals surface area contributed by atoms with Gasteiger partial charge in [-0.15, -0.1) is 0 Å². The summed E-state index contributed by atoms with van der Waals surface area (Å²) in [4.78, 5) is 27.8. The number of aromatic nitrogens is 1. The first kappa shape index (κ1) is 12.6. The van der Waals surface area contributed by atoms with Crippen LogP contribution in [-0.2, 0) is 4.74 Å². The zero-order valence-corrected chi connectivity index (χ0v) is 11.1. The van der Waals surface area contributed by atoms with Crippen LogP contribution < -0.4 is 5.43 Å². The average Bonchev–Trinajstić information content (AvgIpc) is 2.47. The first-order chi connectivity index (χ1) is 9.61. The van der Waals surface area contributed by atoms with Crippen molar-refractivity contribution in [2.75, 3.05) is 7.11 Å². The molecule has 0 N–H and O–H groups in total. The van der Waals surface area contributed by atoms with Gasteiger partial charge in [0.1, 0.15) is 5.58 Å². The maximum absolute atomic E-state index is 12.4. The topological polar surface area (TPSA) is 69.4 Å². The van der Waals surface area contributed by atoms with E-state index in [2.05, 4.69) is 9.72 Å². The van der Waals surface area contributed by atoms with Crippen molar-refractivity contribution in [3.05, 3.63) is 51.4 Å². The molecule has 3 rings (SSSR count). The number of hydrogen-bond donors (Lipinski definition) is 0. The van der Waals surface area contributed by atoms with Gasteiger partial charge in [-0.2, -0.15) is 0 Å². The summed E-state index contributed by atoms with van der Waals surface area (Å²) in [6.07, 6.45) is 1.43. The Balaban J connectivity index is 2.42. The zero-order valence-electron chi connectivity index (χ0n) is 10.3. The minimum atomic E-state index is -0.515. The van der Waals surface area contributed by atoms with Crippen LogP contribution in [0.5, 0.6) is 0 Å². The number of fused-ring (bicyclic) bond motifs is 2. The molecule has 2 aromatic heterocycles. The summed E-state index contributed by atoms with van der Waals surface area (Å²) in [7, 11) is 1.28. The number of halogens is 1. The number of carbonyl (C=O) groups is 1. The van der Waals surface area contributed by atoms with Crippen molar-refractivity contribution in [2.45, 2.75) is 0 Å². The number of hydrogen-bond acceptors (Lipinski definition) is 5. The minimum absolute atomic E-state index is 0.124. The molecule has 0 fully saturated rings. The molecule has 2 heterocycles. The third kappa shape index (κ3) is 1.83. The predicted molar refractivity (Wildman–Crippen MR) is 74.1 cm³/mol. The van der Waals surface area contributed by atoms with Crippen molar-refractivity contribution in [3.63, 3.8) is 0 Å². The van der Waals surface area contributed by atoms with E-state index in [0.29, 0.717) is 16.4 Å². The number of rotatable bonds is 1. The van der Waals surface area contributed by atoms with Gasteiger partial charge in [0.15, 0.2) is 10.7 Å². The third-order valence-electron chi connectivity index (χ3n) is 2.96. The molecule has 0 amide bonds. The van der Waals surface area contributed by atoms with E-state index in [4.69, 9.17) is 16.0 Å². The molecular formula is C14H8ClNO4. The molecule has 0 spiro atoms. The van der Waals surface area contributed by atoms with E-state index < -0.39 is 5.97 Å². The van der Waals surface area contributed by atoms with Gasteiger partial charge in [0.05, 0.1) is 23.4 Å². The summed E-state index contributed by atoms with van der Waals surface area (Å²) >= 11 is 5.92. The lowest BCUT2D eigenvalue weighted by atomic mass is 10.1. The van der Waals surface area contributed by atoms with E-state index in [0.717, 1.165) is 0 Å². The average molecular weight is 290 g/mol. The lowest BCUT2D eigenvalue weighted by molar-refractivity contribution is 0.0601. The van der Waals surface area contributed by atoms with Crippen LogP contribution in [0.25, 0.3) is 21.9 Å². The zero-order chi connectivity index (χ0) is 14.3. The summed E-state index contributed by atoms with van der Waals surface area (Å²) in [6, 6.07) is 6.02. The first-order valence-electron chi connectivity index (χ1n) is 5.71. The highest BCUT2D eigenvalue weighted by Gasteiger charge is 2.13. The number of pyridine rings is 1. The highest BCUT2D eigenvalue weighted by molar-refractivity contribution is 6.33. The van der Waals surface area contributed by atoms with Crippen molar-refractivity contribution in [1.82, 2.24) is 4.98 Å². The predicted octanol–water partition coefficient (Wildman–Crippen LogP) is 2.78. The second-order valence-corrected chi connectivity index (χ2v) is 4.47. The minimum Gasteiger partial charge on any atom is -0.465 e. The van der Waals surface area contributed by atoms with Crippen LogP contribution in [-0.4, -0.2) is 18.1 Å². The smallest absolute Gasteiger partial charge is 0.337 e. The molecule has 20 heavy (non-hydrogen) atoms. The Kier molecular flexibility index (Phi) is 2.91. The van der Waals surface area contributed by atoms with Crippen molar-refractivity contribution in [2.24, 2.45) is 0 Å². The standard InChI is InChI=1S/C14H8ClNO4/c1-19-14(18)7-2-3-10-9(6-7)11(17)8-4-5-16-13(15)12(8)20-10/h2-6H,1H3. The fraction of sp³-hybridized carbons (Fsp3) is 0.0714. The van der Waals surface area contributed by atoms with Crippen LogP contribution >= 0.6 is 11.6 Å². The summed E-state index contributed by atoms with van der Waals surface area (Å²) < 4.78 is 10.2. The quantitative estimate of drug-likeness (QED) is 0.391. The Labute approximate surface area is 117 Å². The molecule has 0 aliphatic heterocycles. The molecule has 0 saturated heterocycles. The Hall–Kier alpha value is -2.40. The molecule has 0 bridgehead atoms. The number of carbonyl (C=O) groups excluding carboxylic acids is 1. The Bertz CT molecular complexity index is 901. The fourth-order valence-corrected chi connectivity index (χ4v) is 2.19. The maximum Gasteiger partial charge on any atom is 0.337 e. The van der Waals surface area contributed by atoms with E-state index in [9.17, 15) is 9.59 Å². The van der Waals surface area contributed by atoms with Crippen LogP contribution in [0.3, 0.4) is 0 Å². The SMILES string of the molecule is COC(=O)c1ccc2oc3c(Cl)nccc3c(=O)c2c1. The van der Waals surface area contributed by atoms with Gasteiger partial charge < -0.3 is 9.15 Å². The fourth-order valence-electron chi connectivity index (χ4n) is 1.99. The number of methoxy groups -OCH3 is 1. The molecule has 0 atom stereocenters. The van der Waals surface area contributed by atoms with Gasteiger partial charge in [0.2, 0.25) is 5.43 Å². The summed E-state index contributed by atoms with van der Waals surface area (Å²) in [5, 5.41) is 0.737. The van der Waals surface area contributed by atoms with Gasteiger partial charge in [-0.1, -0.05) is 11.6 Å². The number of nitrogens with zero attached hydrogens (tertiary/aromatic N) is 1. The summed E-state index contributed by atoms with van der Waals surface area (Å²) in [5.41, 5.74) is 0.589. The van der Waals surface area contributed by atoms with Gasteiger partial charge in [-0.05, 0) is 24.3 Å². The van der Waals surface area contributed by atoms with Crippen LogP contribution in [0.1, 0.15) is 10.4 Å². The second-order valence-electron chi connectivity index (χ2n) is 4.11. The number of esters is 1. The molecule has 100 valence electrons. The second kappa shape index (κ2) is 4.61. The lowest BCUT2D eigenvalue weighted by Crippen LogP contribution is -2.06. The molecule has 0 radical (unpaired) electrons. The van der Waals surface area contributed by atoms with Gasteiger partial charge in [0, 0.05) is 6.20 Å². The Morgan fingerprint density at radius 1 is 1.30 bits per heavy atom. The first-order valence-corrected chi connectivity index (χ1v) is 6.09. The summed E-state index contributed by atoms with van der Waals surface area (Å²) in [6.45, 7) is 0. The van der Waals surface area contributed by atoms with Crippen LogP contribution in [0.4, 0.5) is 0 Å². The van der Waals surface area contributed by atoms with Crippen molar-refractivity contribution < 1.29 is 13.9 Å². The third-order valence-corrected chi connectivity index (χ3v) is 3.23. The molecule has 5 nitrogen and oxygen atoms in total. The normalized spacial score (nSPS) is 10.9. The van der Waals surface area contributed by atoms with Crippen molar-refractivity contribution >= 4 is 39.5 Å². The van der Waals surface area contributed by atoms with E-state index in [1.807, 2.05) is 0 Å².